The molecule has 0 radical (unpaired) electrons. The molecule has 6 heterocycles. The third-order valence-electron chi connectivity index (χ3n) is 10.6. The van der Waals surface area contributed by atoms with Gasteiger partial charge in [0.2, 0.25) is 0 Å². The summed E-state index contributed by atoms with van der Waals surface area (Å²) in [6.07, 6.45) is 8.31. The molecule has 0 unspecified atom stereocenters. The van der Waals surface area contributed by atoms with Crippen molar-refractivity contribution in [3.8, 4) is 11.5 Å². The molecule has 0 atom stereocenters. The maximum Gasteiger partial charge on any atom is 0.325 e. The number of hydrogen-bond donors (Lipinski definition) is 0. The lowest BCUT2D eigenvalue weighted by molar-refractivity contribution is -0.142. The van der Waals surface area contributed by atoms with Crippen molar-refractivity contribution in [2.24, 2.45) is 0 Å². The number of fused-ring (bicyclic) bond motifs is 8. The number of methoxy groups -OCH3 is 1. The van der Waals surface area contributed by atoms with Gasteiger partial charge in [-0.25, -0.2) is 0 Å². The average Bonchev–Trinajstić information content (AvgIpc) is 3.26. The van der Waals surface area contributed by atoms with Crippen LogP contribution < -0.4 is 14.5 Å². The van der Waals surface area contributed by atoms with Crippen molar-refractivity contribution < 1.29 is 19.1 Å². The monoisotopic (exact) mass is 561 g/mol. The van der Waals surface area contributed by atoms with Gasteiger partial charge in [0.05, 0.1) is 7.11 Å². The van der Waals surface area contributed by atoms with Crippen molar-refractivity contribution in [3.05, 3.63) is 80.9 Å². The number of nitrogens with zero attached hydrogens (tertiary/aromatic N) is 3. The van der Waals surface area contributed by atoms with Crippen LogP contribution in [0, 0.1) is 0 Å². The molecule has 9 rings (SSSR count). The van der Waals surface area contributed by atoms with E-state index >= 15 is 0 Å². The van der Waals surface area contributed by atoms with Crippen LogP contribution >= 0.6 is 0 Å². The Morgan fingerprint density at radius 3 is 1.93 bits per heavy atom. The van der Waals surface area contributed by atoms with Gasteiger partial charge >= 0.3 is 5.97 Å². The predicted molar refractivity (Wildman–Crippen MR) is 160 cm³/mol. The SMILES string of the molecule is COC(=O)CN1C(=O)c2ccccc2C12c1cc3c4c(c1Oc1c2cc2c5c1CCCN5CCC2)CCCN4CCC3. The molecular formula is C35H35N3O4. The lowest BCUT2D eigenvalue weighted by atomic mass is 9.70. The number of benzene rings is 3. The average molecular weight is 562 g/mol. The van der Waals surface area contributed by atoms with Gasteiger partial charge < -0.3 is 24.2 Å². The molecule has 0 fully saturated rings. The van der Waals surface area contributed by atoms with Gasteiger partial charge in [0.1, 0.15) is 23.6 Å². The Bertz CT molecular complexity index is 1630. The summed E-state index contributed by atoms with van der Waals surface area (Å²) in [5, 5.41) is 0. The topological polar surface area (TPSA) is 62.3 Å². The lowest BCUT2D eigenvalue weighted by Crippen LogP contribution is -2.50. The summed E-state index contributed by atoms with van der Waals surface area (Å²) >= 11 is 0. The number of carbonyl (C=O) groups is 2. The zero-order chi connectivity index (χ0) is 28.2. The van der Waals surface area contributed by atoms with E-state index in [1.165, 1.54) is 40.7 Å². The molecule has 7 heteroatoms. The minimum absolute atomic E-state index is 0.125. The minimum atomic E-state index is -0.971. The van der Waals surface area contributed by atoms with Crippen LogP contribution in [-0.4, -0.2) is 56.6 Å². The Labute approximate surface area is 246 Å². The number of rotatable bonds is 2. The van der Waals surface area contributed by atoms with Crippen LogP contribution in [0.2, 0.25) is 0 Å². The number of anilines is 2. The number of ether oxygens (including phenoxy) is 2. The van der Waals surface area contributed by atoms with E-state index in [-0.39, 0.29) is 12.5 Å². The molecule has 0 aliphatic carbocycles. The van der Waals surface area contributed by atoms with Crippen molar-refractivity contribution in [2.75, 3.05) is 49.6 Å². The van der Waals surface area contributed by atoms with E-state index in [4.69, 9.17) is 9.47 Å². The van der Waals surface area contributed by atoms with Crippen molar-refractivity contribution in [3.63, 3.8) is 0 Å². The smallest absolute Gasteiger partial charge is 0.325 e. The number of aryl methyl sites for hydroxylation is 2. The van der Waals surface area contributed by atoms with Gasteiger partial charge in [0.25, 0.3) is 5.91 Å². The summed E-state index contributed by atoms with van der Waals surface area (Å²) in [6, 6.07) is 12.6. The van der Waals surface area contributed by atoms with Gasteiger partial charge in [-0.05, 0) is 86.3 Å². The van der Waals surface area contributed by atoms with Crippen LogP contribution in [0.5, 0.6) is 11.5 Å². The summed E-state index contributed by atoms with van der Waals surface area (Å²) < 4.78 is 12.4. The van der Waals surface area contributed by atoms with E-state index in [1.54, 1.807) is 4.90 Å². The molecule has 1 amide bonds. The third kappa shape index (κ3) is 3.01. The van der Waals surface area contributed by atoms with Crippen LogP contribution in [0.25, 0.3) is 0 Å². The van der Waals surface area contributed by atoms with E-state index < -0.39 is 11.5 Å². The lowest BCUT2D eigenvalue weighted by Gasteiger charge is -2.48. The summed E-state index contributed by atoms with van der Waals surface area (Å²) in [6.45, 7) is 4.17. The molecule has 3 aromatic carbocycles. The van der Waals surface area contributed by atoms with E-state index in [0.717, 1.165) is 106 Å². The quantitative estimate of drug-likeness (QED) is 0.406. The highest BCUT2D eigenvalue weighted by Crippen LogP contribution is 2.62. The molecule has 6 aliphatic heterocycles. The highest BCUT2D eigenvalue weighted by Gasteiger charge is 2.58. The van der Waals surface area contributed by atoms with Gasteiger partial charge in [0.15, 0.2) is 0 Å². The summed E-state index contributed by atoms with van der Waals surface area (Å²) in [4.78, 5) is 34.4. The van der Waals surface area contributed by atoms with Crippen LogP contribution in [-0.2, 0) is 40.8 Å². The molecule has 7 nitrogen and oxygen atoms in total. The summed E-state index contributed by atoms with van der Waals surface area (Å²) in [7, 11) is 1.40. The minimum Gasteiger partial charge on any atom is -0.468 e. The number of hydrogen-bond acceptors (Lipinski definition) is 6. The molecule has 3 aromatic rings. The molecule has 1 spiro atoms. The largest absolute Gasteiger partial charge is 0.468 e. The zero-order valence-corrected chi connectivity index (χ0v) is 24.1. The normalized spacial score (nSPS) is 20.3. The highest BCUT2D eigenvalue weighted by atomic mass is 16.5. The molecule has 42 heavy (non-hydrogen) atoms. The fourth-order valence-corrected chi connectivity index (χ4v) is 9.07. The second kappa shape index (κ2) is 8.76. The molecule has 214 valence electrons. The fraction of sp³-hybridized carbons (Fsp3) is 0.429. The van der Waals surface area contributed by atoms with Crippen molar-refractivity contribution in [1.29, 1.82) is 0 Å². The maximum absolute atomic E-state index is 14.4. The zero-order valence-electron chi connectivity index (χ0n) is 24.1. The summed E-state index contributed by atoms with van der Waals surface area (Å²) in [5.74, 6) is 1.25. The number of carbonyl (C=O) groups excluding carboxylic acids is 2. The van der Waals surface area contributed by atoms with Gasteiger partial charge in [-0.1, -0.05) is 18.2 Å². The fourth-order valence-electron chi connectivity index (χ4n) is 9.07. The molecular weight excluding hydrogens is 526 g/mol. The van der Waals surface area contributed by atoms with E-state index in [9.17, 15) is 9.59 Å². The second-order valence-corrected chi connectivity index (χ2v) is 12.7. The van der Waals surface area contributed by atoms with E-state index in [2.05, 4.69) is 28.0 Å². The Kier molecular flexibility index (Phi) is 5.13. The third-order valence-corrected chi connectivity index (χ3v) is 10.6. The van der Waals surface area contributed by atoms with E-state index in [0.29, 0.717) is 5.56 Å². The van der Waals surface area contributed by atoms with Crippen LogP contribution in [0.15, 0.2) is 36.4 Å². The number of esters is 1. The summed E-state index contributed by atoms with van der Waals surface area (Å²) in [5.41, 5.74) is 10.5. The van der Waals surface area contributed by atoms with Crippen molar-refractivity contribution in [2.45, 2.75) is 56.9 Å². The Morgan fingerprint density at radius 2 is 1.36 bits per heavy atom. The standard InChI is InChI=1S/C35H35N3O4/c1-41-29(39)20-38-34(40)23-10-2-3-13-26(23)35(38)27-18-21-8-4-14-36-16-6-11-24(30(21)36)32(27)42-33-25-12-7-17-37-15-5-9-22(31(25)37)19-28(33)35/h2-3,10,13,18-19H,4-9,11-12,14-17,20H2,1H3. The van der Waals surface area contributed by atoms with E-state index in [1.807, 2.05) is 18.2 Å². The molecule has 0 bridgehead atoms. The first-order valence-electron chi connectivity index (χ1n) is 15.7. The number of amides is 1. The van der Waals surface area contributed by atoms with Crippen molar-refractivity contribution >= 4 is 23.3 Å². The van der Waals surface area contributed by atoms with Crippen LogP contribution in [0.1, 0.15) is 75.0 Å². The molecule has 0 N–H and O–H groups in total. The first-order valence-corrected chi connectivity index (χ1v) is 15.7. The Morgan fingerprint density at radius 1 is 0.810 bits per heavy atom. The van der Waals surface area contributed by atoms with Crippen LogP contribution in [0.3, 0.4) is 0 Å². The van der Waals surface area contributed by atoms with Gasteiger partial charge in [-0.2, -0.15) is 0 Å². The van der Waals surface area contributed by atoms with Gasteiger partial charge in [-0.15, -0.1) is 0 Å². The van der Waals surface area contributed by atoms with Gasteiger partial charge in [0, 0.05) is 65.4 Å². The predicted octanol–water partition coefficient (Wildman–Crippen LogP) is 5.11. The Hall–Kier alpha value is -4.00. The van der Waals surface area contributed by atoms with Crippen molar-refractivity contribution in [1.82, 2.24) is 4.90 Å². The van der Waals surface area contributed by atoms with Gasteiger partial charge in [-0.3, -0.25) is 9.59 Å². The first-order chi connectivity index (χ1) is 20.6. The molecule has 0 saturated heterocycles. The maximum atomic E-state index is 14.4. The molecule has 0 aromatic heterocycles. The molecule has 0 saturated carbocycles. The first kappa shape index (κ1) is 24.6. The second-order valence-electron chi connectivity index (χ2n) is 12.7. The molecule has 6 aliphatic rings. The highest BCUT2D eigenvalue weighted by molar-refractivity contribution is 6.04. The Balaban J connectivity index is 1.43. The van der Waals surface area contributed by atoms with Crippen LogP contribution in [0.4, 0.5) is 11.4 Å².